The molecule has 156 valence electrons. The van der Waals surface area contributed by atoms with Gasteiger partial charge in [0.15, 0.2) is 4.32 Å². The summed E-state index contributed by atoms with van der Waals surface area (Å²) in [7, 11) is 0. The number of carbonyl (C=O) groups excluding carboxylic acids is 1. The number of carbonyl (C=O) groups is 1. The molecule has 0 atom stereocenters. The number of benzene rings is 2. The summed E-state index contributed by atoms with van der Waals surface area (Å²) in [6, 6.07) is 16.7. The molecule has 1 fully saturated rings. The van der Waals surface area contributed by atoms with E-state index in [1.807, 2.05) is 6.92 Å². The zero-order valence-electron chi connectivity index (χ0n) is 16.3. The number of hydrogen-bond acceptors (Lipinski definition) is 7. The number of thioether (sulfide) groups is 1. The number of furan rings is 1. The Morgan fingerprint density at radius 3 is 2.48 bits per heavy atom. The highest BCUT2D eigenvalue weighted by atomic mass is 32.2. The summed E-state index contributed by atoms with van der Waals surface area (Å²) in [5.41, 5.74) is 1.38. The number of ether oxygens (including phenoxy) is 1. The van der Waals surface area contributed by atoms with Crippen LogP contribution in [0.3, 0.4) is 0 Å². The molecule has 7 nitrogen and oxygen atoms in total. The van der Waals surface area contributed by atoms with Gasteiger partial charge < -0.3 is 9.15 Å². The molecule has 0 spiro atoms. The number of nitro groups is 1. The average molecular weight is 453 g/mol. The second-order valence-corrected chi connectivity index (χ2v) is 8.13. The van der Waals surface area contributed by atoms with Crippen LogP contribution in [0.2, 0.25) is 0 Å². The molecule has 2 heterocycles. The minimum absolute atomic E-state index is 0.00786. The van der Waals surface area contributed by atoms with E-state index in [-0.39, 0.29) is 11.6 Å². The first kappa shape index (κ1) is 20.8. The first-order valence-electron chi connectivity index (χ1n) is 9.31. The summed E-state index contributed by atoms with van der Waals surface area (Å²) >= 11 is 6.60. The quantitative estimate of drug-likeness (QED) is 0.206. The van der Waals surface area contributed by atoms with Gasteiger partial charge in [-0.05, 0) is 55.5 Å². The molecular weight excluding hydrogens is 436 g/mol. The third-order valence-corrected chi connectivity index (χ3v) is 5.76. The van der Waals surface area contributed by atoms with Crippen molar-refractivity contribution < 1.29 is 18.9 Å². The Morgan fingerprint density at radius 2 is 1.84 bits per heavy atom. The number of non-ortho nitro benzene ring substituents is 1. The molecule has 31 heavy (non-hydrogen) atoms. The molecule has 0 saturated carbocycles. The molecule has 1 aromatic heterocycles. The lowest BCUT2D eigenvalue weighted by molar-refractivity contribution is -0.384. The van der Waals surface area contributed by atoms with E-state index in [9.17, 15) is 14.9 Å². The van der Waals surface area contributed by atoms with Crippen LogP contribution in [0.1, 0.15) is 12.7 Å². The van der Waals surface area contributed by atoms with Gasteiger partial charge in [-0.2, -0.15) is 0 Å². The summed E-state index contributed by atoms with van der Waals surface area (Å²) in [4.78, 5) is 25.2. The van der Waals surface area contributed by atoms with Gasteiger partial charge in [0.2, 0.25) is 0 Å². The van der Waals surface area contributed by atoms with Crippen molar-refractivity contribution in [2.45, 2.75) is 6.92 Å². The normalized spacial score (nSPS) is 15.0. The minimum Gasteiger partial charge on any atom is -0.494 e. The van der Waals surface area contributed by atoms with E-state index in [1.165, 1.54) is 28.8 Å². The van der Waals surface area contributed by atoms with E-state index in [1.54, 1.807) is 54.6 Å². The lowest BCUT2D eigenvalue weighted by atomic mass is 10.1. The molecule has 2 aromatic carbocycles. The average Bonchev–Trinajstić information content (AvgIpc) is 3.34. The molecule has 0 radical (unpaired) electrons. The van der Waals surface area contributed by atoms with E-state index >= 15 is 0 Å². The van der Waals surface area contributed by atoms with Crippen molar-refractivity contribution in [2.75, 3.05) is 11.5 Å². The maximum absolute atomic E-state index is 12.9. The lowest BCUT2D eigenvalue weighted by Crippen LogP contribution is -2.27. The smallest absolute Gasteiger partial charge is 0.270 e. The number of thiocarbonyl (C=S) groups is 1. The van der Waals surface area contributed by atoms with Crippen LogP contribution >= 0.6 is 24.0 Å². The molecule has 0 bridgehead atoms. The summed E-state index contributed by atoms with van der Waals surface area (Å²) in [6.45, 7) is 2.47. The van der Waals surface area contributed by atoms with Crippen molar-refractivity contribution in [1.29, 1.82) is 0 Å². The van der Waals surface area contributed by atoms with Gasteiger partial charge in [0, 0.05) is 23.8 Å². The van der Waals surface area contributed by atoms with Crippen LogP contribution in [0.4, 0.5) is 11.4 Å². The van der Waals surface area contributed by atoms with E-state index in [0.717, 1.165) is 5.75 Å². The Hall–Kier alpha value is -3.43. The molecule has 1 saturated heterocycles. The van der Waals surface area contributed by atoms with Crippen molar-refractivity contribution in [2.24, 2.45) is 0 Å². The van der Waals surface area contributed by atoms with E-state index in [4.69, 9.17) is 21.4 Å². The standard InChI is InChI=1S/C22H16N2O5S2/c1-2-28-17-9-7-15(8-10-17)23-21(25)20(31-22(23)30)13-18-11-12-19(29-18)14-3-5-16(6-4-14)24(26)27/h3-13H,2H2,1H3. The molecule has 0 unspecified atom stereocenters. The van der Waals surface area contributed by atoms with Crippen LogP contribution in [0, 0.1) is 10.1 Å². The largest absolute Gasteiger partial charge is 0.494 e. The lowest BCUT2D eigenvalue weighted by Gasteiger charge is -2.15. The number of anilines is 1. The van der Waals surface area contributed by atoms with Gasteiger partial charge >= 0.3 is 0 Å². The maximum Gasteiger partial charge on any atom is 0.270 e. The van der Waals surface area contributed by atoms with E-state index < -0.39 is 4.92 Å². The highest BCUT2D eigenvalue weighted by molar-refractivity contribution is 8.27. The van der Waals surface area contributed by atoms with Crippen LogP contribution in [0.15, 0.2) is 70.0 Å². The highest BCUT2D eigenvalue weighted by Crippen LogP contribution is 2.37. The number of hydrogen-bond donors (Lipinski definition) is 0. The van der Waals surface area contributed by atoms with Gasteiger partial charge in [0.25, 0.3) is 11.6 Å². The van der Waals surface area contributed by atoms with Gasteiger partial charge in [0.05, 0.1) is 22.1 Å². The van der Waals surface area contributed by atoms with Crippen molar-refractivity contribution in [3.8, 4) is 17.1 Å². The fourth-order valence-electron chi connectivity index (χ4n) is 3.01. The predicted octanol–water partition coefficient (Wildman–Crippen LogP) is 5.66. The number of rotatable bonds is 6. The first-order chi connectivity index (χ1) is 15.0. The molecule has 1 aliphatic rings. The third kappa shape index (κ3) is 4.37. The molecule has 1 amide bonds. The van der Waals surface area contributed by atoms with Gasteiger partial charge in [0.1, 0.15) is 17.3 Å². The summed E-state index contributed by atoms with van der Waals surface area (Å²) < 4.78 is 11.7. The van der Waals surface area contributed by atoms with Crippen LogP contribution in [-0.4, -0.2) is 21.8 Å². The molecule has 9 heteroatoms. The Balaban J connectivity index is 1.54. The molecular formula is C22H16N2O5S2. The first-order valence-corrected chi connectivity index (χ1v) is 10.5. The van der Waals surface area contributed by atoms with Gasteiger partial charge in [-0.3, -0.25) is 19.8 Å². The fourth-order valence-corrected chi connectivity index (χ4v) is 4.29. The molecule has 0 N–H and O–H groups in total. The second-order valence-electron chi connectivity index (χ2n) is 6.45. The van der Waals surface area contributed by atoms with E-state index in [2.05, 4.69) is 0 Å². The number of nitro benzene ring substituents is 1. The summed E-state index contributed by atoms with van der Waals surface area (Å²) in [5, 5.41) is 10.8. The molecule has 4 rings (SSSR count). The highest BCUT2D eigenvalue weighted by Gasteiger charge is 2.33. The van der Waals surface area contributed by atoms with Gasteiger partial charge in [-0.15, -0.1) is 0 Å². The van der Waals surface area contributed by atoms with Crippen molar-refractivity contribution in [3.63, 3.8) is 0 Å². The van der Waals surface area contributed by atoms with Crippen molar-refractivity contribution in [3.05, 3.63) is 81.4 Å². The van der Waals surface area contributed by atoms with Gasteiger partial charge in [-0.1, -0.05) is 24.0 Å². The Bertz CT molecular complexity index is 1180. The van der Waals surface area contributed by atoms with Gasteiger partial charge in [-0.25, -0.2) is 0 Å². The predicted molar refractivity (Wildman–Crippen MR) is 124 cm³/mol. The van der Waals surface area contributed by atoms with Crippen molar-refractivity contribution in [1.82, 2.24) is 0 Å². The maximum atomic E-state index is 12.9. The van der Waals surface area contributed by atoms with Crippen LogP contribution in [-0.2, 0) is 4.79 Å². The monoisotopic (exact) mass is 452 g/mol. The van der Waals surface area contributed by atoms with Crippen LogP contribution < -0.4 is 9.64 Å². The Morgan fingerprint density at radius 1 is 1.13 bits per heavy atom. The summed E-state index contributed by atoms with van der Waals surface area (Å²) in [6.07, 6.45) is 1.64. The zero-order valence-corrected chi connectivity index (χ0v) is 17.9. The Labute approximate surface area is 187 Å². The van der Waals surface area contributed by atoms with E-state index in [0.29, 0.717) is 38.6 Å². The fraction of sp³-hybridized carbons (Fsp3) is 0.0909. The molecule has 0 aliphatic carbocycles. The molecule has 3 aromatic rings. The summed E-state index contributed by atoms with van der Waals surface area (Å²) in [5.74, 6) is 1.53. The third-order valence-electron chi connectivity index (χ3n) is 4.46. The van der Waals surface area contributed by atoms with Crippen LogP contribution in [0.5, 0.6) is 5.75 Å². The molecule has 1 aliphatic heterocycles. The van der Waals surface area contributed by atoms with Crippen LogP contribution in [0.25, 0.3) is 17.4 Å². The SMILES string of the molecule is CCOc1ccc(N2C(=O)C(=Cc3ccc(-c4ccc([N+](=O)[O-])cc4)o3)SC2=S)cc1. The number of amides is 1. The minimum atomic E-state index is -0.455. The Kier molecular flexibility index (Phi) is 5.88. The topological polar surface area (TPSA) is 85.8 Å². The zero-order chi connectivity index (χ0) is 22.0. The number of nitrogens with zero attached hydrogens (tertiary/aromatic N) is 2. The second kappa shape index (κ2) is 8.75. The van der Waals surface area contributed by atoms with Crippen molar-refractivity contribution >= 4 is 51.7 Å².